The first-order chi connectivity index (χ1) is 9.84. The molecule has 2 aromatic heterocycles. The molecule has 0 saturated heterocycles. The molecule has 2 unspecified atom stereocenters. The number of furan rings is 1. The normalized spacial score (nSPS) is 22.0. The topological polar surface area (TPSA) is 25.2 Å². The highest BCUT2D eigenvalue weighted by atomic mass is 35.5. The molecule has 0 bridgehead atoms. The lowest BCUT2D eigenvalue weighted by atomic mass is 9.74. The zero-order valence-electron chi connectivity index (χ0n) is 13.0. The Balaban J connectivity index is 1.84. The van der Waals surface area contributed by atoms with Crippen molar-refractivity contribution >= 4 is 22.9 Å². The first kappa shape index (κ1) is 15.1. The second kappa shape index (κ2) is 5.45. The van der Waals surface area contributed by atoms with Gasteiger partial charge in [0.2, 0.25) is 0 Å². The Morgan fingerprint density at radius 3 is 2.86 bits per heavy atom. The van der Waals surface area contributed by atoms with Gasteiger partial charge in [-0.1, -0.05) is 25.4 Å². The highest BCUT2D eigenvalue weighted by Gasteiger charge is 2.35. The van der Waals surface area contributed by atoms with Gasteiger partial charge < -0.3 is 9.73 Å². The Labute approximate surface area is 135 Å². The van der Waals surface area contributed by atoms with Gasteiger partial charge in [0.15, 0.2) is 0 Å². The van der Waals surface area contributed by atoms with E-state index in [0.717, 1.165) is 28.7 Å². The summed E-state index contributed by atoms with van der Waals surface area (Å²) in [6.45, 7) is 8.86. The third-order valence-corrected chi connectivity index (χ3v) is 5.38. The van der Waals surface area contributed by atoms with Crippen molar-refractivity contribution < 1.29 is 4.42 Å². The van der Waals surface area contributed by atoms with Crippen LogP contribution in [-0.4, -0.2) is 0 Å². The standard InChI is InChI=1S/C17H22ClNOS/c1-10-5-13-14(7-17(3,4)8-15(13)20-10)19-11(2)12-6-16(18)21-9-12/h5-6,9,11,14,19H,7-8H2,1-4H3. The van der Waals surface area contributed by atoms with Crippen LogP contribution in [0.1, 0.15) is 61.9 Å². The molecule has 2 aromatic rings. The fraction of sp³-hybridized carbons (Fsp3) is 0.529. The van der Waals surface area contributed by atoms with E-state index in [1.54, 1.807) is 11.3 Å². The number of rotatable bonds is 3. The molecule has 1 N–H and O–H groups in total. The van der Waals surface area contributed by atoms with Crippen molar-refractivity contribution in [2.75, 3.05) is 0 Å². The third-order valence-electron chi connectivity index (χ3n) is 4.28. The van der Waals surface area contributed by atoms with Crippen LogP contribution in [0, 0.1) is 12.3 Å². The van der Waals surface area contributed by atoms with Gasteiger partial charge in [-0.2, -0.15) is 0 Å². The van der Waals surface area contributed by atoms with Crippen LogP contribution in [0.2, 0.25) is 4.34 Å². The van der Waals surface area contributed by atoms with Gasteiger partial charge in [0.25, 0.3) is 0 Å². The maximum Gasteiger partial charge on any atom is 0.109 e. The Morgan fingerprint density at radius 2 is 2.19 bits per heavy atom. The van der Waals surface area contributed by atoms with Crippen molar-refractivity contribution in [1.82, 2.24) is 5.32 Å². The summed E-state index contributed by atoms with van der Waals surface area (Å²) in [4.78, 5) is 0. The Morgan fingerprint density at radius 1 is 1.43 bits per heavy atom. The predicted molar refractivity (Wildman–Crippen MR) is 89.2 cm³/mol. The molecule has 1 aliphatic rings. The van der Waals surface area contributed by atoms with Crippen LogP contribution in [0.5, 0.6) is 0 Å². The van der Waals surface area contributed by atoms with Gasteiger partial charge in [-0.3, -0.25) is 0 Å². The molecular weight excluding hydrogens is 302 g/mol. The van der Waals surface area contributed by atoms with Gasteiger partial charge >= 0.3 is 0 Å². The van der Waals surface area contributed by atoms with Crippen LogP contribution >= 0.6 is 22.9 Å². The second-order valence-electron chi connectivity index (χ2n) is 6.91. The molecule has 1 aliphatic carbocycles. The van der Waals surface area contributed by atoms with E-state index in [4.69, 9.17) is 16.0 Å². The number of hydrogen-bond donors (Lipinski definition) is 1. The van der Waals surface area contributed by atoms with Gasteiger partial charge in [0.1, 0.15) is 11.5 Å². The minimum atomic E-state index is 0.265. The number of hydrogen-bond acceptors (Lipinski definition) is 3. The van der Waals surface area contributed by atoms with Crippen molar-refractivity contribution in [3.63, 3.8) is 0 Å². The highest BCUT2D eigenvalue weighted by molar-refractivity contribution is 7.14. The summed E-state index contributed by atoms with van der Waals surface area (Å²) in [5.74, 6) is 2.16. The number of fused-ring (bicyclic) bond motifs is 1. The van der Waals surface area contributed by atoms with Gasteiger partial charge in [-0.15, -0.1) is 11.3 Å². The van der Waals surface area contributed by atoms with Crippen molar-refractivity contribution in [3.05, 3.63) is 44.5 Å². The molecule has 21 heavy (non-hydrogen) atoms. The summed E-state index contributed by atoms with van der Waals surface area (Å²) in [6, 6.07) is 4.88. The van der Waals surface area contributed by atoms with Gasteiger partial charge in [0, 0.05) is 24.1 Å². The van der Waals surface area contributed by atoms with E-state index in [0.29, 0.717) is 6.04 Å². The zero-order chi connectivity index (χ0) is 15.2. The van der Waals surface area contributed by atoms with Crippen LogP contribution in [0.15, 0.2) is 21.9 Å². The van der Waals surface area contributed by atoms with E-state index < -0.39 is 0 Å². The average molecular weight is 324 g/mol. The summed E-state index contributed by atoms with van der Waals surface area (Å²) in [5, 5.41) is 5.90. The molecule has 0 aromatic carbocycles. The lowest BCUT2D eigenvalue weighted by Gasteiger charge is -2.36. The predicted octanol–water partition coefficient (Wildman–Crippen LogP) is 5.67. The molecule has 4 heteroatoms. The Bertz CT molecular complexity index is 643. The first-order valence-electron chi connectivity index (χ1n) is 7.43. The summed E-state index contributed by atoms with van der Waals surface area (Å²) in [5.41, 5.74) is 2.86. The Hall–Kier alpha value is -0.770. The molecule has 2 heterocycles. The quantitative estimate of drug-likeness (QED) is 0.787. The van der Waals surface area contributed by atoms with Gasteiger partial charge in [-0.25, -0.2) is 0 Å². The number of halogens is 1. The minimum absolute atomic E-state index is 0.265. The molecule has 0 aliphatic heterocycles. The van der Waals surface area contributed by atoms with Crippen molar-refractivity contribution in [2.24, 2.45) is 5.41 Å². The van der Waals surface area contributed by atoms with Crippen LogP contribution < -0.4 is 5.32 Å². The summed E-state index contributed by atoms with van der Waals surface area (Å²) >= 11 is 7.64. The largest absolute Gasteiger partial charge is 0.466 e. The Kier molecular flexibility index (Phi) is 3.93. The third kappa shape index (κ3) is 3.20. The lowest BCUT2D eigenvalue weighted by molar-refractivity contribution is 0.226. The summed E-state index contributed by atoms with van der Waals surface area (Å²) in [6.07, 6.45) is 2.15. The van der Waals surface area contributed by atoms with E-state index in [-0.39, 0.29) is 11.5 Å². The molecule has 0 spiro atoms. The maximum atomic E-state index is 6.05. The molecule has 2 nitrogen and oxygen atoms in total. The number of thiophene rings is 1. The van der Waals surface area contributed by atoms with Crippen LogP contribution in [0.3, 0.4) is 0 Å². The average Bonchev–Trinajstić information content (AvgIpc) is 2.93. The molecule has 0 amide bonds. The van der Waals surface area contributed by atoms with Gasteiger partial charge in [-0.05, 0) is 48.8 Å². The smallest absolute Gasteiger partial charge is 0.109 e. The first-order valence-corrected chi connectivity index (χ1v) is 8.69. The molecule has 0 radical (unpaired) electrons. The van der Waals surface area contributed by atoms with E-state index >= 15 is 0 Å². The van der Waals surface area contributed by atoms with E-state index in [1.807, 2.05) is 6.92 Å². The monoisotopic (exact) mass is 323 g/mol. The number of aryl methyl sites for hydroxylation is 1. The fourth-order valence-corrected chi connectivity index (χ4v) is 4.27. The molecule has 0 fully saturated rings. The SMILES string of the molecule is Cc1cc2c(o1)CC(C)(C)CC2NC(C)c1csc(Cl)c1. The number of nitrogens with one attached hydrogen (secondary N) is 1. The summed E-state index contributed by atoms with van der Waals surface area (Å²) < 4.78 is 6.75. The fourth-order valence-electron chi connectivity index (χ4n) is 3.28. The molecule has 3 rings (SSSR count). The van der Waals surface area contributed by atoms with Crippen LogP contribution in [-0.2, 0) is 6.42 Å². The van der Waals surface area contributed by atoms with E-state index in [9.17, 15) is 0 Å². The highest BCUT2D eigenvalue weighted by Crippen LogP contribution is 2.43. The summed E-state index contributed by atoms with van der Waals surface area (Å²) in [7, 11) is 0. The molecule has 2 atom stereocenters. The molecule has 0 saturated carbocycles. The van der Waals surface area contributed by atoms with E-state index in [1.165, 1.54) is 11.1 Å². The van der Waals surface area contributed by atoms with E-state index in [2.05, 4.69) is 43.6 Å². The van der Waals surface area contributed by atoms with Crippen molar-refractivity contribution in [1.29, 1.82) is 0 Å². The molecule has 114 valence electrons. The van der Waals surface area contributed by atoms with Crippen molar-refractivity contribution in [3.8, 4) is 0 Å². The lowest BCUT2D eigenvalue weighted by Crippen LogP contribution is -2.33. The zero-order valence-corrected chi connectivity index (χ0v) is 14.6. The minimum Gasteiger partial charge on any atom is -0.466 e. The van der Waals surface area contributed by atoms with Crippen LogP contribution in [0.4, 0.5) is 0 Å². The second-order valence-corrected chi connectivity index (χ2v) is 8.45. The van der Waals surface area contributed by atoms with Crippen molar-refractivity contribution in [2.45, 2.75) is 52.6 Å². The van der Waals surface area contributed by atoms with Crippen LogP contribution in [0.25, 0.3) is 0 Å². The molecular formula is C17H22ClNOS. The van der Waals surface area contributed by atoms with Gasteiger partial charge in [0.05, 0.1) is 4.34 Å². The maximum absolute atomic E-state index is 6.05.